The number of Topliss-reactive ketones (excluding diaryl/α,β-unsaturated/α-hetero) is 1. The molecule has 1 atom stereocenters. The zero-order valence-electron chi connectivity index (χ0n) is 11.4. The van der Waals surface area contributed by atoms with Crippen molar-refractivity contribution in [1.29, 1.82) is 0 Å². The minimum Gasteiger partial charge on any atom is -0.314 e. The van der Waals surface area contributed by atoms with E-state index in [2.05, 4.69) is 15.9 Å². The lowest BCUT2D eigenvalue weighted by Gasteiger charge is -2.23. The van der Waals surface area contributed by atoms with E-state index in [0.29, 0.717) is 5.56 Å². The molecule has 4 rings (SSSR count). The van der Waals surface area contributed by atoms with Gasteiger partial charge in [0.15, 0.2) is 5.78 Å². The van der Waals surface area contributed by atoms with Crippen molar-refractivity contribution >= 4 is 33.3 Å². The average Bonchev–Trinajstić information content (AvgIpc) is 2.90. The second-order valence-corrected chi connectivity index (χ2v) is 6.49. The molecule has 2 aromatic carbocycles. The lowest BCUT2D eigenvalue weighted by Crippen LogP contribution is -2.38. The van der Waals surface area contributed by atoms with Crippen molar-refractivity contribution in [2.45, 2.75) is 11.8 Å². The summed E-state index contributed by atoms with van der Waals surface area (Å²) in [5.41, 5.74) is 2.47. The molecule has 104 valence electrons. The Morgan fingerprint density at radius 3 is 2.67 bits per heavy atom. The molecule has 2 aromatic rings. The van der Waals surface area contributed by atoms with Crippen molar-refractivity contribution in [3.8, 4) is 0 Å². The van der Waals surface area contributed by atoms with Crippen molar-refractivity contribution < 1.29 is 9.59 Å². The van der Waals surface area contributed by atoms with Gasteiger partial charge in [-0.1, -0.05) is 40.2 Å². The molecule has 1 spiro atoms. The monoisotopic (exact) mass is 341 g/mol. The first-order valence-corrected chi connectivity index (χ1v) is 7.56. The van der Waals surface area contributed by atoms with Gasteiger partial charge in [-0.2, -0.15) is 0 Å². The molecule has 0 fully saturated rings. The van der Waals surface area contributed by atoms with Crippen LogP contribution in [0.2, 0.25) is 0 Å². The van der Waals surface area contributed by atoms with Gasteiger partial charge in [-0.3, -0.25) is 9.59 Å². The number of benzene rings is 2. The molecule has 1 aliphatic heterocycles. The first-order chi connectivity index (χ1) is 10.1. The van der Waals surface area contributed by atoms with Crippen molar-refractivity contribution in [2.75, 3.05) is 11.9 Å². The Labute approximate surface area is 130 Å². The van der Waals surface area contributed by atoms with Gasteiger partial charge < -0.3 is 4.90 Å². The summed E-state index contributed by atoms with van der Waals surface area (Å²) >= 11 is 3.48. The summed E-state index contributed by atoms with van der Waals surface area (Å²) in [6.45, 7) is 0. The Balaban J connectivity index is 2.09. The van der Waals surface area contributed by atoms with Crippen LogP contribution in [0.15, 0.2) is 46.9 Å². The smallest absolute Gasteiger partial charge is 0.242 e. The largest absolute Gasteiger partial charge is 0.314 e. The van der Waals surface area contributed by atoms with E-state index in [9.17, 15) is 9.59 Å². The summed E-state index contributed by atoms with van der Waals surface area (Å²) in [6.07, 6.45) is 0.221. The topological polar surface area (TPSA) is 37.4 Å². The van der Waals surface area contributed by atoms with Crippen LogP contribution < -0.4 is 4.90 Å². The van der Waals surface area contributed by atoms with Crippen LogP contribution >= 0.6 is 15.9 Å². The summed E-state index contributed by atoms with van der Waals surface area (Å²) in [4.78, 5) is 27.0. The Morgan fingerprint density at radius 2 is 1.86 bits per heavy atom. The van der Waals surface area contributed by atoms with Crippen LogP contribution in [0.25, 0.3) is 0 Å². The van der Waals surface area contributed by atoms with Gasteiger partial charge in [0.05, 0.1) is 0 Å². The number of hydrogen-bond acceptors (Lipinski definition) is 2. The molecule has 1 heterocycles. The molecule has 1 aliphatic carbocycles. The van der Waals surface area contributed by atoms with Crippen molar-refractivity contribution in [2.24, 2.45) is 0 Å². The van der Waals surface area contributed by atoms with Crippen molar-refractivity contribution in [3.05, 3.63) is 63.6 Å². The number of hydrogen-bond donors (Lipinski definition) is 0. The molecule has 0 bridgehead atoms. The van der Waals surface area contributed by atoms with Gasteiger partial charge in [-0.05, 0) is 29.3 Å². The fourth-order valence-corrected chi connectivity index (χ4v) is 3.98. The second kappa shape index (κ2) is 4.04. The number of halogens is 1. The van der Waals surface area contributed by atoms with Crippen LogP contribution in [-0.4, -0.2) is 18.7 Å². The third kappa shape index (κ3) is 1.43. The molecule has 0 saturated heterocycles. The predicted octanol–water partition coefficient (Wildman–Crippen LogP) is 3.30. The van der Waals surface area contributed by atoms with Crippen LogP contribution in [-0.2, 0) is 10.2 Å². The van der Waals surface area contributed by atoms with Crippen LogP contribution in [0.3, 0.4) is 0 Å². The normalized spacial score (nSPS) is 22.9. The molecule has 0 N–H and O–H groups in total. The van der Waals surface area contributed by atoms with Gasteiger partial charge in [0.25, 0.3) is 0 Å². The molecular formula is C17H12BrNO2. The maximum atomic E-state index is 13.0. The number of ketones is 1. The van der Waals surface area contributed by atoms with Crippen LogP contribution in [0.5, 0.6) is 0 Å². The fraction of sp³-hybridized carbons (Fsp3) is 0.176. The quantitative estimate of drug-likeness (QED) is 0.737. The maximum absolute atomic E-state index is 13.0. The molecule has 2 aliphatic rings. The van der Waals surface area contributed by atoms with E-state index in [-0.39, 0.29) is 18.1 Å². The second-order valence-electron chi connectivity index (χ2n) is 5.58. The third-order valence-corrected chi connectivity index (χ3v) is 5.06. The number of anilines is 1. The van der Waals surface area contributed by atoms with E-state index in [1.54, 1.807) is 11.9 Å². The van der Waals surface area contributed by atoms with Crippen LogP contribution in [0.4, 0.5) is 5.69 Å². The van der Waals surface area contributed by atoms with E-state index in [1.807, 2.05) is 42.5 Å². The summed E-state index contributed by atoms with van der Waals surface area (Å²) in [6, 6.07) is 13.3. The molecule has 1 unspecified atom stereocenters. The standard InChI is InChI=1S/C17H12BrNO2/c1-19-14-7-6-10(18)8-13(14)17(16(19)21)9-15(20)11-4-2-3-5-12(11)17/h2-8H,9H2,1H3. The first kappa shape index (κ1) is 12.8. The first-order valence-electron chi connectivity index (χ1n) is 6.76. The molecule has 21 heavy (non-hydrogen) atoms. The fourth-order valence-electron chi connectivity index (χ4n) is 3.61. The van der Waals surface area contributed by atoms with Gasteiger partial charge in [-0.15, -0.1) is 0 Å². The van der Waals surface area contributed by atoms with Gasteiger partial charge in [0, 0.05) is 29.2 Å². The summed E-state index contributed by atoms with van der Waals surface area (Å²) in [5, 5.41) is 0. The molecule has 3 nitrogen and oxygen atoms in total. The molecule has 0 radical (unpaired) electrons. The average molecular weight is 342 g/mol. The van der Waals surface area contributed by atoms with Crippen molar-refractivity contribution in [3.63, 3.8) is 0 Å². The van der Waals surface area contributed by atoms with E-state index in [4.69, 9.17) is 0 Å². The number of likely N-dealkylation sites (N-methyl/N-ethyl adjacent to an activating group) is 1. The zero-order valence-corrected chi connectivity index (χ0v) is 13.0. The highest BCUT2D eigenvalue weighted by molar-refractivity contribution is 9.10. The number of carbonyl (C=O) groups excluding carboxylic acids is 2. The third-order valence-electron chi connectivity index (χ3n) is 4.56. The number of amides is 1. The SMILES string of the molecule is CN1C(=O)C2(CC(=O)c3ccccc32)c2cc(Br)ccc21. The lowest BCUT2D eigenvalue weighted by atomic mass is 9.76. The Bertz CT molecular complexity index is 814. The minimum atomic E-state index is -0.846. The molecule has 4 heteroatoms. The molecular weight excluding hydrogens is 330 g/mol. The van der Waals surface area contributed by atoms with Gasteiger partial charge in [0.1, 0.15) is 5.41 Å². The minimum absolute atomic E-state index is 0.0195. The lowest BCUT2D eigenvalue weighted by molar-refractivity contribution is -0.121. The number of rotatable bonds is 0. The zero-order chi connectivity index (χ0) is 14.8. The molecule has 0 saturated carbocycles. The number of fused-ring (bicyclic) bond motifs is 4. The van der Waals surface area contributed by atoms with Gasteiger partial charge >= 0.3 is 0 Å². The Morgan fingerprint density at radius 1 is 1.10 bits per heavy atom. The Kier molecular flexibility index (Phi) is 2.46. The van der Waals surface area contributed by atoms with Crippen LogP contribution in [0, 0.1) is 0 Å². The van der Waals surface area contributed by atoms with Gasteiger partial charge in [0.2, 0.25) is 5.91 Å². The predicted molar refractivity (Wildman–Crippen MR) is 83.7 cm³/mol. The number of carbonyl (C=O) groups is 2. The molecule has 1 amide bonds. The highest BCUT2D eigenvalue weighted by Crippen LogP contribution is 2.53. The number of nitrogens with zero attached hydrogens (tertiary/aromatic N) is 1. The molecule has 0 aromatic heterocycles. The summed E-state index contributed by atoms with van der Waals surface area (Å²) < 4.78 is 0.917. The van der Waals surface area contributed by atoms with E-state index in [1.165, 1.54) is 0 Å². The van der Waals surface area contributed by atoms with E-state index < -0.39 is 5.41 Å². The summed E-state index contributed by atoms with van der Waals surface area (Å²) in [7, 11) is 1.77. The van der Waals surface area contributed by atoms with Crippen LogP contribution in [0.1, 0.15) is 27.9 Å². The van der Waals surface area contributed by atoms with Crippen molar-refractivity contribution in [1.82, 2.24) is 0 Å². The highest BCUT2D eigenvalue weighted by Gasteiger charge is 2.56. The van der Waals surface area contributed by atoms with E-state index >= 15 is 0 Å². The maximum Gasteiger partial charge on any atom is 0.242 e. The van der Waals surface area contributed by atoms with E-state index in [0.717, 1.165) is 21.3 Å². The van der Waals surface area contributed by atoms with Gasteiger partial charge in [-0.25, -0.2) is 0 Å². The highest BCUT2D eigenvalue weighted by atomic mass is 79.9. The Hall–Kier alpha value is -1.94. The summed E-state index contributed by atoms with van der Waals surface area (Å²) in [5.74, 6) is 0.0223.